The van der Waals surface area contributed by atoms with Gasteiger partial charge in [-0.25, -0.2) is 9.97 Å². The molecule has 0 saturated carbocycles. The van der Waals surface area contributed by atoms with E-state index in [4.69, 9.17) is 10.5 Å². The van der Waals surface area contributed by atoms with Gasteiger partial charge in [-0.3, -0.25) is 0 Å². The number of hydrogen-bond acceptors (Lipinski definition) is 4. The zero-order chi connectivity index (χ0) is 13.0. The zero-order valence-corrected chi connectivity index (χ0v) is 10.7. The van der Waals surface area contributed by atoms with Gasteiger partial charge in [0, 0.05) is 11.1 Å². The first-order chi connectivity index (χ1) is 8.77. The van der Waals surface area contributed by atoms with Crippen LogP contribution in [-0.2, 0) is 6.42 Å². The van der Waals surface area contributed by atoms with E-state index in [9.17, 15) is 0 Å². The van der Waals surface area contributed by atoms with Crippen molar-refractivity contribution in [2.24, 2.45) is 0 Å². The Bertz CT molecular complexity index is 540. The number of ether oxygens (including phenoxy) is 1. The Kier molecular flexibility index (Phi) is 3.77. The van der Waals surface area contributed by atoms with Crippen molar-refractivity contribution >= 4 is 5.82 Å². The minimum atomic E-state index is 0.549. The summed E-state index contributed by atoms with van der Waals surface area (Å²) in [5.74, 6) is 1.35. The first kappa shape index (κ1) is 12.4. The minimum Gasteiger partial charge on any atom is -0.496 e. The van der Waals surface area contributed by atoms with Crippen LogP contribution in [0.1, 0.15) is 18.9 Å². The smallest absolute Gasteiger partial charge is 0.130 e. The molecule has 18 heavy (non-hydrogen) atoms. The number of nitrogen functional groups attached to an aromatic ring is 1. The van der Waals surface area contributed by atoms with E-state index in [-0.39, 0.29) is 0 Å². The van der Waals surface area contributed by atoms with Gasteiger partial charge in [-0.1, -0.05) is 25.5 Å². The highest BCUT2D eigenvalue weighted by Crippen LogP contribution is 2.32. The molecular formula is C14H17N3O. The summed E-state index contributed by atoms with van der Waals surface area (Å²) in [6.45, 7) is 2.11. The van der Waals surface area contributed by atoms with Gasteiger partial charge in [0.2, 0.25) is 0 Å². The van der Waals surface area contributed by atoms with Gasteiger partial charge >= 0.3 is 0 Å². The van der Waals surface area contributed by atoms with Gasteiger partial charge in [0.1, 0.15) is 17.9 Å². The molecule has 2 aromatic rings. The predicted molar refractivity (Wildman–Crippen MR) is 72.4 cm³/mol. The number of nitrogens with two attached hydrogens (primary N) is 1. The Morgan fingerprint density at radius 1 is 1.22 bits per heavy atom. The number of nitrogens with zero attached hydrogens (tertiary/aromatic N) is 2. The van der Waals surface area contributed by atoms with Crippen molar-refractivity contribution in [2.45, 2.75) is 19.8 Å². The van der Waals surface area contributed by atoms with Crippen molar-refractivity contribution in [3.05, 3.63) is 36.2 Å². The molecule has 0 amide bonds. The number of hydrogen-bond donors (Lipinski definition) is 1. The van der Waals surface area contributed by atoms with E-state index in [2.05, 4.69) is 16.9 Å². The Hall–Kier alpha value is -2.10. The molecule has 94 valence electrons. The highest BCUT2D eigenvalue weighted by molar-refractivity contribution is 5.72. The summed E-state index contributed by atoms with van der Waals surface area (Å²) in [6.07, 6.45) is 3.36. The summed E-state index contributed by atoms with van der Waals surface area (Å²) < 4.78 is 5.37. The second-order valence-corrected chi connectivity index (χ2v) is 4.04. The summed E-state index contributed by atoms with van der Waals surface area (Å²) in [6, 6.07) is 7.81. The summed E-state index contributed by atoms with van der Waals surface area (Å²) in [5.41, 5.74) is 8.75. The van der Waals surface area contributed by atoms with E-state index < -0.39 is 0 Å². The van der Waals surface area contributed by atoms with Crippen molar-refractivity contribution in [1.82, 2.24) is 9.97 Å². The maximum absolute atomic E-state index is 5.94. The van der Waals surface area contributed by atoms with Gasteiger partial charge in [-0.15, -0.1) is 0 Å². The lowest BCUT2D eigenvalue weighted by Crippen LogP contribution is -2.03. The molecule has 0 bridgehead atoms. The Morgan fingerprint density at radius 2 is 2.00 bits per heavy atom. The third-order valence-electron chi connectivity index (χ3n) is 2.84. The van der Waals surface area contributed by atoms with E-state index in [1.807, 2.05) is 24.3 Å². The van der Waals surface area contributed by atoms with E-state index >= 15 is 0 Å². The summed E-state index contributed by atoms with van der Waals surface area (Å²) in [4.78, 5) is 8.43. The van der Waals surface area contributed by atoms with Crippen molar-refractivity contribution in [3.63, 3.8) is 0 Å². The summed E-state index contributed by atoms with van der Waals surface area (Å²) in [5, 5.41) is 0. The molecule has 0 fully saturated rings. The fourth-order valence-corrected chi connectivity index (χ4v) is 1.99. The zero-order valence-electron chi connectivity index (χ0n) is 10.7. The standard InChI is InChI=1S/C14H17N3O/c1-3-6-11-13(16-9-17-14(11)15)10-7-4-5-8-12(10)18-2/h4-5,7-9H,3,6H2,1-2H3,(H2,15,16,17). The molecule has 0 aliphatic carbocycles. The van der Waals surface area contributed by atoms with Crippen LogP contribution in [0.4, 0.5) is 5.82 Å². The second kappa shape index (κ2) is 5.49. The molecule has 2 N–H and O–H groups in total. The molecule has 4 nitrogen and oxygen atoms in total. The van der Waals surface area contributed by atoms with Crippen LogP contribution in [0.15, 0.2) is 30.6 Å². The van der Waals surface area contributed by atoms with Crippen molar-refractivity contribution < 1.29 is 4.74 Å². The van der Waals surface area contributed by atoms with Gasteiger partial charge in [0.15, 0.2) is 0 Å². The van der Waals surface area contributed by atoms with Gasteiger partial charge in [-0.05, 0) is 18.6 Å². The fourth-order valence-electron chi connectivity index (χ4n) is 1.99. The molecular weight excluding hydrogens is 226 g/mol. The highest BCUT2D eigenvalue weighted by atomic mass is 16.5. The number of aromatic nitrogens is 2. The van der Waals surface area contributed by atoms with E-state index in [0.717, 1.165) is 35.4 Å². The Balaban J connectivity index is 2.59. The summed E-state index contributed by atoms with van der Waals surface area (Å²) >= 11 is 0. The molecule has 0 saturated heterocycles. The Labute approximate surface area is 107 Å². The topological polar surface area (TPSA) is 61.0 Å². The summed E-state index contributed by atoms with van der Waals surface area (Å²) in [7, 11) is 1.66. The monoisotopic (exact) mass is 243 g/mol. The maximum atomic E-state index is 5.94. The molecule has 2 rings (SSSR count). The highest BCUT2D eigenvalue weighted by Gasteiger charge is 2.13. The fraction of sp³-hybridized carbons (Fsp3) is 0.286. The largest absolute Gasteiger partial charge is 0.496 e. The third kappa shape index (κ3) is 2.27. The second-order valence-electron chi connectivity index (χ2n) is 4.04. The van der Waals surface area contributed by atoms with Crippen LogP contribution in [0.2, 0.25) is 0 Å². The predicted octanol–water partition coefficient (Wildman–Crippen LogP) is 2.69. The lowest BCUT2D eigenvalue weighted by molar-refractivity contribution is 0.416. The third-order valence-corrected chi connectivity index (χ3v) is 2.84. The van der Waals surface area contributed by atoms with Crippen LogP contribution in [-0.4, -0.2) is 17.1 Å². The van der Waals surface area contributed by atoms with Gasteiger partial charge in [-0.2, -0.15) is 0 Å². The molecule has 0 unspecified atom stereocenters. The SMILES string of the molecule is CCCc1c(N)ncnc1-c1ccccc1OC. The van der Waals surface area contributed by atoms with Crippen LogP contribution < -0.4 is 10.5 Å². The molecule has 1 aromatic carbocycles. The van der Waals surface area contributed by atoms with E-state index in [1.165, 1.54) is 6.33 Å². The number of anilines is 1. The van der Waals surface area contributed by atoms with Crippen LogP contribution in [0, 0.1) is 0 Å². The van der Waals surface area contributed by atoms with Crippen LogP contribution in [0.25, 0.3) is 11.3 Å². The first-order valence-corrected chi connectivity index (χ1v) is 6.00. The maximum Gasteiger partial charge on any atom is 0.130 e. The number of para-hydroxylation sites is 1. The lowest BCUT2D eigenvalue weighted by Gasteiger charge is -2.12. The van der Waals surface area contributed by atoms with Gasteiger partial charge in [0.25, 0.3) is 0 Å². The Morgan fingerprint density at radius 3 is 2.72 bits per heavy atom. The van der Waals surface area contributed by atoms with Crippen molar-refractivity contribution in [3.8, 4) is 17.0 Å². The molecule has 1 aromatic heterocycles. The molecule has 0 radical (unpaired) electrons. The van der Waals surface area contributed by atoms with Crippen LogP contribution >= 0.6 is 0 Å². The number of rotatable bonds is 4. The first-order valence-electron chi connectivity index (χ1n) is 6.00. The molecule has 0 aliphatic rings. The van der Waals surface area contributed by atoms with Crippen molar-refractivity contribution in [1.29, 1.82) is 0 Å². The lowest BCUT2D eigenvalue weighted by atomic mass is 10.0. The number of benzene rings is 1. The molecule has 0 spiro atoms. The normalized spacial score (nSPS) is 10.3. The molecule has 4 heteroatoms. The molecule has 1 heterocycles. The van der Waals surface area contributed by atoms with E-state index in [1.54, 1.807) is 7.11 Å². The average Bonchev–Trinajstić information content (AvgIpc) is 2.41. The molecule has 0 aliphatic heterocycles. The van der Waals surface area contributed by atoms with Gasteiger partial charge in [0.05, 0.1) is 12.8 Å². The quantitative estimate of drug-likeness (QED) is 0.896. The van der Waals surface area contributed by atoms with Crippen LogP contribution in [0.5, 0.6) is 5.75 Å². The van der Waals surface area contributed by atoms with Gasteiger partial charge < -0.3 is 10.5 Å². The average molecular weight is 243 g/mol. The van der Waals surface area contributed by atoms with Crippen molar-refractivity contribution in [2.75, 3.05) is 12.8 Å². The van der Waals surface area contributed by atoms with Crippen LogP contribution in [0.3, 0.4) is 0 Å². The minimum absolute atomic E-state index is 0.549. The molecule has 0 atom stereocenters. The number of methoxy groups -OCH3 is 1. The van der Waals surface area contributed by atoms with E-state index in [0.29, 0.717) is 5.82 Å².